The standard InChI is InChI=1S/C20H31NO4Si/c1-20(2,3)15-9-12-18(26(4,5)6)17(13-15)25-19(22)14-7-10-16(11-8-14)21(23)24/h7-8,10-11,15,17-18H,9,12-13H2,1-6H3/t15-,17+,18+/m0/s1. The molecule has 26 heavy (non-hydrogen) atoms. The second kappa shape index (κ2) is 7.51. The van der Waals surface area contributed by atoms with E-state index in [1.54, 1.807) is 0 Å². The molecule has 5 nitrogen and oxygen atoms in total. The van der Waals surface area contributed by atoms with Gasteiger partial charge in [0.2, 0.25) is 0 Å². The van der Waals surface area contributed by atoms with Gasteiger partial charge >= 0.3 is 5.97 Å². The molecule has 1 aromatic carbocycles. The van der Waals surface area contributed by atoms with Crippen LogP contribution in [0.25, 0.3) is 0 Å². The Morgan fingerprint density at radius 3 is 2.19 bits per heavy atom. The average molecular weight is 378 g/mol. The van der Waals surface area contributed by atoms with Crippen LogP contribution in [0.2, 0.25) is 25.2 Å². The molecule has 0 radical (unpaired) electrons. The van der Waals surface area contributed by atoms with Crippen molar-refractivity contribution in [1.29, 1.82) is 0 Å². The zero-order chi connectivity index (χ0) is 19.7. The number of rotatable bonds is 4. The number of ether oxygens (including phenoxy) is 1. The van der Waals surface area contributed by atoms with Crippen molar-refractivity contribution in [3.05, 3.63) is 39.9 Å². The van der Waals surface area contributed by atoms with E-state index in [1.165, 1.54) is 30.7 Å². The first-order valence-corrected chi connectivity index (χ1v) is 12.9. The molecule has 1 aliphatic rings. The van der Waals surface area contributed by atoms with Crippen LogP contribution in [0.15, 0.2) is 24.3 Å². The molecule has 0 N–H and O–H groups in total. The summed E-state index contributed by atoms with van der Waals surface area (Å²) in [5.74, 6) is 0.160. The fourth-order valence-electron chi connectivity index (χ4n) is 3.96. The normalized spacial score (nSPS) is 24.2. The molecule has 0 saturated heterocycles. The molecule has 0 aliphatic heterocycles. The Morgan fingerprint density at radius 1 is 1.15 bits per heavy atom. The van der Waals surface area contributed by atoms with Crippen molar-refractivity contribution in [1.82, 2.24) is 0 Å². The number of benzene rings is 1. The van der Waals surface area contributed by atoms with Crippen LogP contribution in [0, 0.1) is 21.4 Å². The van der Waals surface area contributed by atoms with Crippen LogP contribution in [0.1, 0.15) is 50.4 Å². The van der Waals surface area contributed by atoms with E-state index in [2.05, 4.69) is 40.4 Å². The number of nitro groups is 1. The predicted molar refractivity (Wildman–Crippen MR) is 106 cm³/mol. The zero-order valence-corrected chi connectivity index (χ0v) is 17.7. The van der Waals surface area contributed by atoms with Gasteiger partial charge in [0.1, 0.15) is 6.10 Å². The molecule has 3 atom stereocenters. The van der Waals surface area contributed by atoms with E-state index in [4.69, 9.17) is 4.74 Å². The summed E-state index contributed by atoms with van der Waals surface area (Å²) in [6.07, 6.45) is 3.12. The van der Waals surface area contributed by atoms with Gasteiger partial charge in [-0.3, -0.25) is 10.1 Å². The Hall–Kier alpha value is -1.69. The quantitative estimate of drug-likeness (QED) is 0.293. The summed E-state index contributed by atoms with van der Waals surface area (Å²) in [7, 11) is -1.47. The van der Waals surface area contributed by atoms with Gasteiger partial charge in [-0.25, -0.2) is 4.79 Å². The van der Waals surface area contributed by atoms with E-state index in [0.29, 0.717) is 17.0 Å². The summed E-state index contributed by atoms with van der Waals surface area (Å²) < 4.78 is 5.97. The van der Waals surface area contributed by atoms with Crippen LogP contribution in [0.3, 0.4) is 0 Å². The third-order valence-electron chi connectivity index (χ3n) is 5.70. The third kappa shape index (κ3) is 4.93. The van der Waals surface area contributed by atoms with Gasteiger partial charge in [0.25, 0.3) is 5.69 Å². The molecule has 0 heterocycles. The van der Waals surface area contributed by atoms with Crippen LogP contribution >= 0.6 is 0 Å². The molecule has 144 valence electrons. The monoisotopic (exact) mass is 377 g/mol. The molecule has 0 bridgehead atoms. The molecular formula is C20H31NO4Si. The number of hydrogen-bond donors (Lipinski definition) is 0. The maximum absolute atomic E-state index is 12.6. The Balaban J connectivity index is 2.18. The molecule has 0 aromatic heterocycles. The van der Waals surface area contributed by atoms with Crippen molar-refractivity contribution in [2.45, 2.75) is 71.3 Å². The molecule has 1 fully saturated rings. The lowest BCUT2D eigenvalue weighted by atomic mass is 9.71. The maximum Gasteiger partial charge on any atom is 0.338 e. The fraction of sp³-hybridized carbons (Fsp3) is 0.650. The van der Waals surface area contributed by atoms with Crippen molar-refractivity contribution in [2.24, 2.45) is 11.3 Å². The van der Waals surface area contributed by atoms with E-state index < -0.39 is 13.0 Å². The Labute approximate surface area is 157 Å². The minimum Gasteiger partial charge on any atom is -0.459 e. The summed E-state index contributed by atoms with van der Waals surface area (Å²) in [5.41, 5.74) is 1.00. The van der Waals surface area contributed by atoms with Gasteiger partial charge in [0.15, 0.2) is 0 Å². The van der Waals surface area contributed by atoms with Crippen LogP contribution in [-0.2, 0) is 4.74 Å². The predicted octanol–water partition coefficient (Wildman–Crippen LogP) is 5.67. The molecule has 6 heteroatoms. The summed E-state index contributed by atoms with van der Waals surface area (Å²) in [5, 5.41) is 10.8. The summed E-state index contributed by atoms with van der Waals surface area (Å²) >= 11 is 0. The van der Waals surface area contributed by atoms with Gasteiger partial charge < -0.3 is 4.74 Å². The molecule has 2 rings (SSSR count). The fourth-order valence-corrected chi connectivity index (χ4v) is 6.31. The first kappa shape index (κ1) is 20.6. The first-order valence-electron chi connectivity index (χ1n) is 9.35. The highest BCUT2D eigenvalue weighted by Crippen LogP contribution is 2.46. The van der Waals surface area contributed by atoms with Gasteiger partial charge in [-0.15, -0.1) is 0 Å². The lowest BCUT2D eigenvalue weighted by Crippen LogP contribution is -2.44. The van der Waals surface area contributed by atoms with E-state index in [1.807, 2.05) is 0 Å². The van der Waals surface area contributed by atoms with Gasteiger partial charge in [0.05, 0.1) is 18.6 Å². The van der Waals surface area contributed by atoms with E-state index in [-0.39, 0.29) is 23.2 Å². The van der Waals surface area contributed by atoms with Crippen molar-refractivity contribution in [2.75, 3.05) is 0 Å². The first-order chi connectivity index (χ1) is 11.9. The van der Waals surface area contributed by atoms with Gasteiger partial charge in [-0.1, -0.05) is 40.4 Å². The van der Waals surface area contributed by atoms with Crippen LogP contribution in [-0.4, -0.2) is 25.1 Å². The van der Waals surface area contributed by atoms with Gasteiger partial charge in [0, 0.05) is 12.1 Å². The maximum atomic E-state index is 12.6. The SMILES string of the molecule is CC(C)(C)[C@H]1CC[C@@H]([Si](C)(C)C)[C@H](OC(=O)c2ccc([N+](=O)[O-])cc2)C1. The summed E-state index contributed by atoms with van der Waals surface area (Å²) in [4.78, 5) is 23.0. The minimum absolute atomic E-state index is 0.0213. The third-order valence-corrected chi connectivity index (χ3v) is 8.59. The smallest absolute Gasteiger partial charge is 0.338 e. The lowest BCUT2D eigenvalue weighted by molar-refractivity contribution is -0.384. The average Bonchev–Trinajstić information content (AvgIpc) is 2.53. The van der Waals surface area contributed by atoms with Gasteiger partial charge in [-0.05, 0) is 48.3 Å². The number of carbonyl (C=O) groups is 1. The molecule has 1 aliphatic carbocycles. The highest BCUT2D eigenvalue weighted by Gasteiger charge is 2.43. The molecule has 1 saturated carbocycles. The minimum atomic E-state index is -1.47. The lowest BCUT2D eigenvalue weighted by Gasteiger charge is -2.45. The van der Waals surface area contributed by atoms with E-state index >= 15 is 0 Å². The molecule has 0 spiro atoms. The highest BCUT2D eigenvalue weighted by molar-refractivity contribution is 6.77. The van der Waals surface area contributed by atoms with E-state index in [0.717, 1.165) is 12.8 Å². The number of carbonyl (C=O) groups excluding carboxylic acids is 1. The van der Waals surface area contributed by atoms with Crippen molar-refractivity contribution in [3.63, 3.8) is 0 Å². The summed E-state index contributed by atoms with van der Waals surface area (Å²) in [6.45, 7) is 13.8. The topological polar surface area (TPSA) is 69.4 Å². The van der Waals surface area contributed by atoms with Crippen molar-refractivity contribution in [3.8, 4) is 0 Å². The molecule has 0 unspecified atom stereocenters. The van der Waals surface area contributed by atoms with Crippen molar-refractivity contribution >= 4 is 19.7 Å². The van der Waals surface area contributed by atoms with Crippen LogP contribution < -0.4 is 0 Å². The second-order valence-electron chi connectivity index (χ2n) is 9.60. The van der Waals surface area contributed by atoms with Crippen LogP contribution in [0.4, 0.5) is 5.69 Å². The molecular weight excluding hydrogens is 346 g/mol. The zero-order valence-electron chi connectivity index (χ0n) is 16.7. The van der Waals surface area contributed by atoms with Crippen molar-refractivity contribution < 1.29 is 14.5 Å². The molecule has 0 amide bonds. The number of nitro benzene ring substituents is 1. The summed E-state index contributed by atoms with van der Waals surface area (Å²) in [6, 6.07) is 5.67. The van der Waals surface area contributed by atoms with E-state index in [9.17, 15) is 14.9 Å². The second-order valence-corrected chi connectivity index (χ2v) is 15.1. The Kier molecular flexibility index (Phi) is 5.95. The number of esters is 1. The highest BCUT2D eigenvalue weighted by atomic mass is 28.3. The number of hydrogen-bond acceptors (Lipinski definition) is 4. The molecule has 1 aromatic rings. The number of nitrogens with zero attached hydrogens (tertiary/aromatic N) is 1. The number of non-ortho nitro benzene ring substituents is 1. The largest absolute Gasteiger partial charge is 0.459 e. The Morgan fingerprint density at radius 2 is 1.73 bits per heavy atom. The van der Waals surface area contributed by atoms with Crippen LogP contribution in [0.5, 0.6) is 0 Å². The Bertz CT molecular complexity index is 658. The van der Waals surface area contributed by atoms with Gasteiger partial charge in [-0.2, -0.15) is 0 Å².